The third-order valence-electron chi connectivity index (χ3n) is 7.63. The van der Waals surface area contributed by atoms with Crippen LogP contribution in [0.5, 0.6) is 0 Å². The molecule has 2 N–H and O–H groups in total. The molecule has 5 rings (SSSR count). The Balaban J connectivity index is 1.68. The fourth-order valence-electron chi connectivity index (χ4n) is 5.14. The molecule has 0 atom stereocenters. The summed E-state index contributed by atoms with van der Waals surface area (Å²) in [6.07, 6.45) is 0.741. The minimum atomic E-state index is -0.958. The minimum absolute atomic E-state index is 0.0333. The first-order valence-corrected chi connectivity index (χ1v) is 14.7. The molecule has 1 amide bonds. The lowest BCUT2D eigenvalue weighted by atomic mass is 9.98. The molecule has 0 aliphatic rings. The summed E-state index contributed by atoms with van der Waals surface area (Å²) in [6, 6.07) is 17.3. The van der Waals surface area contributed by atoms with Crippen molar-refractivity contribution in [1.82, 2.24) is 19.4 Å². The fourth-order valence-corrected chi connectivity index (χ4v) is 5.14. The van der Waals surface area contributed by atoms with Crippen molar-refractivity contribution in [3.63, 3.8) is 0 Å². The van der Waals surface area contributed by atoms with E-state index in [1.54, 1.807) is 31.2 Å². The number of halogens is 3. The van der Waals surface area contributed by atoms with Crippen molar-refractivity contribution in [2.24, 2.45) is 0 Å². The predicted molar refractivity (Wildman–Crippen MR) is 170 cm³/mol. The number of amides is 1. The van der Waals surface area contributed by atoms with Crippen molar-refractivity contribution in [1.29, 1.82) is 0 Å². The zero-order valence-corrected chi connectivity index (χ0v) is 25.2. The van der Waals surface area contributed by atoms with Crippen LogP contribution in [0, 0.1) is 24.4 Å². The van der Waals surface area contributed by atoms with E-state index in [2.05, 4.69) is 39.3 Å². The molecule has 3 aromatic carbocycles. The largest absolute Gasteiger partial charge is 0.354 e. The van der Waals surface area contributed by atoms with E-state index in [0.29, 0.717) is 12.2 Å². The molecule has 0 fully saturated rings. The number of nitrogens with one attached hydrogen (secondary N) is 2. The van der Waals surface area contributed by atoms with Gasteiger partial charge in [0.15, 0.2) is 5.65 Å². The van der Waals surface area contributed by atoms with Crippen LogP contribution in [-0.2, 0) is 0 Å². The standard InChI is InChI=1S/C34H33F3N6O2/c1-4-42(5-2)18-10-17-38-34-40-30(24-15-16-29(44)43(32(24)41-34)31-26(35)13-9-14-27(31)36)25-19-22(20-28(37)21(25)3)33(45)39-23-11-7-6-8-12-23/h6-9,11-16,19-20H,4-5,10,17-18H2,1-3H3,(H,39,45)(H,38,40,41). The third kappa shape index (κ3) is 6.73. The SMILES string of the molecule is CCN(CC)CCCNc1nc(-c2cc(C(=O)Nc3ccccc3)cc(F)c2C)c2ccc(=O)n(-c3c(F)cccc3F)c2n1. The number of fused-ring (bicyclic) bond motifs is 1. The smallest absolute Gasteiger partial charge is 0.256 e. The number of benzene rings is 3. The molecule has 0 aliphatic carbocycles. The van der Waals surface area contributed by atoms with E-state index in [4.69, 9.17) is 0 Å². The molecule has 0 radical (unpaired) electrons. The van der Waals surface area contributed by atoms with Gasteiger partial charge in [-0.1, -0.05) is 38.1 Å². The lowest BCUT2D eigenvalue weighted by Crippen LogP contribution is -2.25. The van der Waals surface area contributed by atoms with Gasteiger partial charge in [0, 0.05) is 34.8 Å². The van der Waals surface area contributed by atoms with Gasteiger partial charge in [-0.05, 0) is 81.0 Å². The number of rotatable bonds is 11. The highest BCUT2D eigenvalue weighted by molar-refractivity contribution is 6.05. The van der Waals surface area contributed by atoms with Gasteiger partial charge in [-0.2, -0.15) is 4.98 Å². The van der Waals surface area contributed by atoms with Crippen molar-refractivity contribution in [2.45, 2.75) is 27.2 Å². The lowest BCUT2D eigenvalue weighted by Gasteiger charge is -2.19. The predicted octanol–water partition coefficient (Wildman–Crippen LogP) is 6.57. The lowest BCUT2D eigenvalue weighted by molar-refractivity contribution is 0.102. The first kappa shape index (κ1) is 31.4. The Bertz CT molecular complexity index is 1890. The van der Waals surface area contributed by atoms with Gasteiger partial charge in [-0.3, -0.25) is 14.2 Å². The second kappa shape index (κ2) is 13.7. The highest BCUT2D eigenvalue weighted by atomic mass is 19.1. The maximum absolute atomic E-state index is 15.4. The van der Waals surface area contributed by atoms with Gasteiger partial charge in [0.25, 0.3) is 11.5 Å². The molecule has 0 saturated carbocycles. The molecule has 5 aromatic rings. The van der Waals surface area contributed by atoms with E-state index in [0.717, 1.165) is 54.9 Å². The Kier molecular flexibility index (Phi) is 9.58. The van der Waals surface area contributed by atoms with E-state index in [1.165, 1.54) is 18.2 Å². The summed E-state index contributed by atoms with van der Waals surface area (Å²) >= 11 is 0. The summed E-state index contributed by atoms with van der Waals surface area (Å²) in [5.41, 5.74) is -0.203. The number of carbonyl (C=O) groups is 1. The van der Waals surface area contributed by atoms with Gasteiger partial charge in [-0.25, -0.2) is 18.2 Å². The molecule has 8 nitrogen and oxygen atoms in total. The van der Waals surface area contributed by atoms with Gasteiger partial charge in [0.05, 0.1) is 5.69 Å². The Morgan fingerprint density at radius 1 is 0.889 bits per heavy atom. The van der Waals surface area contributed by atoms with E-state index < -0.39 is 34.6 Å². The second-order valence-corrected chi connectivity index (χ2v) is 10.5. The van der Waals surface area contributed by atoms with Gasteiger partial charge < -0.3 is 15.5 Å². The van der Waals surface area contributed by atoms with Crippen LogP contribution in [0.15, 0.2) is 77.6 Å². The summed E-state index contributed by atoms with van der Waals surface area (Å²) in [5.74, 6) is -3.04. The third-order valence-corrected chi connectivity index (χ3v) is 7.63. The summed E-state index contributed by atoms with van der Waals surface area (Å²) in [4.78, 5) is 37.8. The summed E-state index contributed by atoms with van der Waals surface area (Å²) in [6.45, 7) is 8.76. The van der Waals surface area contributed by atoms with Gasteiger partial charge in [-0.15, -0.1) is 0 Å². The summed E-state index contributed by atoms with van der Waals surface area (Å²) < 4.78 is 46.4. The van der Waals surface area contributed by atoms with Crippen LogP contribution in [0.3, 0.4) is 0 Å². The molecule has 0 aliphatic heterocycles. The average molecular weight is 615 g/mol. The zero-order chi connectivity index (χ0) is 32.1. The van der Waals surface area contributed by atoms with Crippen LogP contribution in [0.4, 0.5) is 24.8 Å². The quantitative estimate of drug-likeness (QED) is 0.164. The second-order valence-electron chi connectivity index (χ2n) is 10.5. The van der Waals surface area contributed by atoms with Crippen LogP contribution in [0.2, 0.25) is 0 Å². The van der Waals surface area contributed by atoms with Gasteiger partial charge >= 0.3 is 0 Å². The van der Waals surface area contributed by atoms with Crippen molar-refractivity contribution in [3.8, 4) is 16.9 Å². The van der Waals surface area contributed by atoms with E-state index in [1.807, 2.05) is 6.07 Å². The fraction of sp³-hybridized carbons (Fsp3) is 0.235. The Hall–Kier alpha value is -5.03. The Morgan fingerprint density at radius 3 is 2.29 bits per heavy atom. The van der Waals surface area contributed by atoms with Gasteiger partial charge in [0.2, 0.25) is 5.95 Å². The number of para-hydroxylation sites is 2. The number of anilines is 2. The molecule has 0 saturated heterocycles. The summed E-state index contributed by atoms with van der Waals surface area (Å²) in [5, 5.41) is 6.14. The first-order valence-electron chi connectivity index (χ1n) is 14.7. The maximum Gasteiger partial charge on any atom is 0.256 e. The molecule has 2 heterocycles. The average Bonchev–Trinajstić information content (AvgIpc) is 3.03. The molecule has 11 heteroatoms. The highest BCUT2D eigenvalue weighted by Crippen LogP contribution is 2.33. The van der Waals surface area contributed by atoms with Crippen LogP contribution in [0.1, 0.15) is 36.2 Å². The molecular formula is C34H33F3N6O2. The van der Waals surface area contributed by atoms with Crippen LogP contribution < -0.4 is 16.2 Å². The number of nitrogens with zero attached hydrogens (tertiary/aromatic N) is 4. The number of aromatic nitrogens is 3. The van der Waals surface area contributed by atoms with Crippen LogP contribution in [0.25, 0.3) is 28.0 Å². The van der Waals surface area contributed by atoms with Gasteiger partial charge in [0.1, 0.15) is 23.1 Å². The Labute approximate surface area is 258 Å². The number of hydrogen-bond acceptors (Lipinski definition) is 6. The van der Waals surface area contributed by atoms with Crippen molar-refractivity contribution >= 4 is 28.6 Å². The molecule has 0 bridgehead atoms. The van der Waals surface area contributed by atoms with E-state index in [-0.39, 0.29) is 39.4 Å². The number of hydrogen-bond donors (Lipinski definition) is 2. The van der Waals surface area contributed by atoms with Crippen molar-refractivity contribution < 1.29 is 18.0 Å². The Morgan fingerprint density at radius 2 is 1.60 bits per heavy atom. The first-order chi connectivity index (χ1) is 21.7. The molecule has 0 spiro atoms. The molecule has 232 valence electrons. The monoisotopic (exact) mass is 614 g/mol. The zero-order valence-electron chi connectivity index (χ0n) is 25.2. The van der Waals surface area contributed by atoms with Crippen LogP contribution in [-0.4, -0.2) is 51.5 Å². The normalized spacial score (nSPS) is 11.3. The van der Waals surface area contributed by atoms with E-state index in [9.17, 15) is 9.59 Å². The molecule has 2 aromatic heterocycles. The van der Waals surface area contributed by atoms with Crippen molar-refractivity contribution in [3.05, 3.63) is 112 Å². The van der Waals surface area contributed by atoms with E-state index >= 15 is 13.2 Å². The topological polar surface area (TPSA) is 92.2 Å². The molecule has 45 heavy (non-hydrogen) atoms. The van der Waals surface area contributed by atoms with Crippen LogP contribution >= 0.6 is 0 Å². The number of pyridine rings is 1. The molecule has 0 unspecified atom stereocenters. The summed E-state index contributed by atoms with van der Waals surface area (Å²) in [7, 11) is 0. The van der Waals surface area contributed by atoms with Crippen molar-refractivity contribution in [2.75, 3.05) is 36.8 Å². The highest BCUT2D eigenvalue weighted by Gasteiger charge is 2.22. The minimum Gasteiger partial charge on any atom is -0.354 e. The number of carbonyl (C=O) groups excluding carboxylic acids is 1. The maximum atomic E-state index is 15.4. The molecular weight excluding hydrogens is 581 g/mol.